The first-order chi connectivity index (χ1) is 9.12. The van der Waals surface area contributed by atoms with E-state index in [1.807, 2.05) is 24.0 Å². The first-order valence-corrected chi connectivity index (χ1v) is 7.12. The van der Waals surface area contributed by atoms with Crippen LogP contribution in [0.4, 0.5) is 0 Å². The van der Waals surface area contributed by atoms with E-state index in [0.29, 0.717) is 13.0 Å². The summed E-state index contributed by atoms with van der Waals surface area (Å²) in [7, 11) is 0. The summed E-state index contributed by atoms with van der Waals surface area (Å²) in [6.45, 7) is 6.54. The molecule has 5 nitrogen and oxygen atoms in total. The summed E-state index contributed by atoms with van der Waals surface area (Å²) in [5.41, 5.74) is 0.432. The SMILES string of the molecule is CCCn1cc(CN2CCCC2(CC)C(=O)O)cn1. The molecule has 0 saturated carbocycles. The number of carbonyl (C=O) groups is 1. The zero-order valence-corrected chi connectivity index (χ0v) is 11.8. The maximum Gasteiger partial charge on any atom is 0.324 e. The number of aliphatic carboxylic acids is 1. The van der Waals surface area contributed by atoms with Gasteiger partial charge in [-0.1, -0.05) is 13.8 Å². The topological polar surface area (TPSA) is 58.4 Å². The van der Waals surface area contributed by atoms with Gasteiger partial charge >= 0.3 is 5.97 Å². The van der Waals surface area contributed by atoms with Gasteiger partial charge in [0.25, 0.3) is 0 Å². The van der Waals surface area contributed by atoms with E-state index in [2.05, 4.69) is 16.9 Å². The van der Waals surface area contributed by atoms with Crippen molar-refractivity contribution in [3.63, 3.8) is 0 Å². The maximum absolute atomic E-state index is 11.6. The Bertz CT molecular complexity index is 444. The van der Waals surface area contributed by atoms with E-state index in [1.165, 1.54) is 0 Å². The minimum atomic E-state index is -0.687. The van der Waals surface area contributed by atoms with Gasteiger partial charge in [-0.3, -0.25) is 14.4 Å². The van der Waals surface area contributed by atoms with Gasteiger partial charge in [0.15, 0.2) is 0 Å². The Kier molecular flexibility index (Phi) is 4.24. The van der Waals surface area contributed by atoms with Crippen LogP contribution >= 0.6 is 0 Å². The lowest BCUT2D eigenvalue weighted by atomic mass is 9.93. The number of likely N-dealkylation sites (tertiary alicyclic amines) is 1. The highest BCUT2D eigenvalue weighted by Crippen LogP contribution is 2.33. The van der Waals surface area contributed by atoms with Crippen LogP contribution in [0.3, 0.4) is 0 Å². The number of aryl methyl sites for hydroxylation is 1. The lowest BCUT2D eigenvalue weighted by Gasteiger charge is -2.33. The normalized spacial score (nSPS) is 23.9. The maximum atomic E-state index is 11.6. The van der Waals surface area contributed by atoms with Crippen LogP contribution in [0.15, 0.2) is 12.4 Å². The third-order valence-electron chi connectivity index (χ3n) is 4.12. The van der Waals surface area contributed by atoms with Crippen molar-refractivity contribution in [2.75, 3.05) is 6.54 Å². The molecule has 1 unspecified atom stereocenters. The zero-order valence-electron chi connectivity index (χ0n) is 11.8. The van der Waals surface area contributed by atoms with Crippen molar-refractivity contribution in [2.24, 2.45) is 0 Å². The fourth-order valence-electron chi connectivity index (χ4n) is 3.02. The summed E-state index contributed by atoms with van der Waals surface area (Å²) in [6, 6.07) is 0. The van der Waals surface area contributed by atoms with Crippen LogP contribution < -0.4 is 0 Å². The standard InChI is InChI=1S/C14H23N3O2/c1-3-7-17-11-12(9-15-17)10-16-8-5-6-14(16,4-2)13(18)19/h9,11H,3-8,10H2,1-2H3,(H,18,19). The average Bonchev–Trinajstić information content (AvgIpc) is 2.98. The number of carboxylic acid groups (broad SMARTS) is 1. The Hall–Kier alpha value is -1.36. The van der Waals surface area contributed by atoms with Gasteiger partial charge in [-0.15, -0.1) is 0 Å². The van der Waals surface area contributed by atoms with Crippen LogP contribution in [-0.4, -0.2) is 37.8 Å². The van der Waals surface area contributed by atoms with Gasteiger partial charge in [-0.05, 0) is 32.2 Å². The fraction of sp³-hybridized carbons (Fsp3) is 0.714. The molecule has 0 aliphatic carbocycles. The van der Waals surface area contributed by atoms with Gasteiger partial charge in [-0.2, -0.15) is 5.10 Å². The van der Waals surface area contributed by atoms with Gasteiger partial charge in [0.1, 0.15) is 5.54 Å². The number of nitrogens with zero attached hydrogens (tertiary/aromatic N) is 3. The van der Waals surface area contributed by atoms with E-state index in [-0.39, 0.29) is 0 Å². The van der Waals surface area contributed by atoms with E-state index in [0.717, 1.165) is 37.9 Å². The zero-order chi connectivity index (χ0) is 13.9. The molecular formula is C14H23N3O2. The Morgan fingerprint density at radius 1 is 1.53 bits per heavy atom. The van der Waals surface area contributed by atoms with Crippen molar-refractivity contribution in [2.45, 2.75) is 58.2 Å². The molecule has 0 bridgehead atoms. The minimum absolute atomic E-state index is 0.658. The molecule has 1 aliphatic heterocycles. The Labute approximate surface area is 114 Å². The highest BCUT2D eigenvalue weighted by atomic mass is 16.4. The summed E-state index contributed by atoms with van der Waals surface area (Å²) in [5.74, 6) is -0.687. The molecule has 0 radical (unpaired) electrons. The third kappa shape index (κ3) is 2.66. The molecule has 19 heavy (non-hydrogen) atoms. The predicted octanol–water partition coefficient (Wildman–Crippen LogP) is 2.12. The highest BCUT2D eigenvalue weighted by Gasteiger charge is 2.45. The second-order valence-corrected chi connectivity index (χ2v) is 5.33. The molecule has 1 aromatic rings. The van der Waals surface area contributed by atoms with E-state index in [9.17, 15) is 9.90 Å². The molecule has 0 aromatic carbocycles. The number of rotatable bonds is 6. The number of carboxylic acids is 1. The number of hydrogen-bond acceptors (Lipinski definition) is 3. The van der Waals surface area contributed by atoms with E-state index in [1.54, 1.807) is 0 Å². The molecule has 0 amide bonds. The number of aromatic nitrogens is 2. The van der Waals surface area contributed by atoms with Crippen LogP contribution in [0.2, 0.25) is 0 Å². The summed E-state index contributed by atoms with van der Waals surface area (Å²) in [5, 5.41) is 13.8. The van der Waals surface area contributed by atoms with Crippen LogP contribution in [0.1, 0.15) is 45.1 Å². The fourth-order valence-corrected chi connectivity index (χ4v) is 3.02. The van der Waals surface area contributed by atoms with Gasteiger partial charge in [0.2, 0.25) is 0 Å². The molecule has 1 saturated heterocycles. The molecule has 1 aliphatic rings. The van der Waals surface area contributed by atoms with Crippen molar-refractivity contribution in [1.82, 2.24) is 14.7 Å². The van der Waals surface area contributed by atoms with Gasteiger partial charge in [0.05, 0.1) is 6.20 Å². The average molecular weight is 265 g/mol. The molecule has 1 N–H and O–H groups in total. The summed E-state index contributed by atoms with van der Waals surface area (Å²) in [6.07, 6.45) is 7.32. The molecule has 2 rings (SSSR count). The molecule has 106 valence electrons. The highest BCUT2D eigenvalue weighted by molar-refractivity contribution is 5.79. The van der Waals surface area contributed by atoms with Crippen LogP contribution in [-0.2, 0) is 17.9 Å². The van der Waals surface area contributed by atoms with Gasteiger partial charge in [0, 0.05) is 24.8 Å². The smallest absolute Gasteiger partial charge is 0.324 e. The van der Waals surface area contributed by atoms with Crippen molar-refractivity contribution in [3.8, 4) is 0 Å². The van der Waals surface area contributed by atoms with E-state index in [4.69, 9.17) is 0 Å². The Morgan fingerprint density at radius 2 is 2.32 bits per heavy atom. The summed E-state index contributed by atoms with van der Waals surface area (Å²) in [4.78, 5) is 13.7. The molecule has 0 spiro atoms. The largest absolute Gasteiger partial charge is 0.480 e. The lowest BCUT2D eigenvalue weighted by molar-refractivity contribution is -0.150. The minimum Gasteiger partial charge on any atom is -0.480 e. The quantitative estimate of drug-likeness (QED) is 0.856. The number of hydrogen-bond donors (Lipinski definition) is 1. The van der Waals surface area contributed by atoms with Crippen molar-refractivity contribution >= 4 is 5.97 Å². The lowest BCUT2D eigenvalue weighted by Crippen LogP contribution is -2.49. The van der Waals surface area contributed by atoms with Crippen molar-refractivity contribution in [1.29, 1.82) is 0 Å². The second-order valence-electron chi connectivity index (χ2n) is 5.33. The van der Waals surface area contributed by atoms with Crippen LogP contribution in [0, 0.1) is 0 Å². The summed E-state index contributed by atoms with van der Waals surface area (Å²) >= 11 is 0. The van der Waals surface area contributed by atoms with Gasteiger partial charge < -0.3 is 5.11 Å². The van der Waals surface area contributed by atoms with Crippen molar-refractivity contribution in [3.05, 3.63) is 18.0 Å². The molecule has 1 fully saturated rings. The van der Waals surface area contributed by atoms with E-state index < -0.39 is 11.5 Å². The second kappa shape index (κ2) is 5.74. The summed E-state index contributed by atoms with van der Waals surface area (Å²) < 4.78 is 1.93. The Balaban J connectivity index is 2.10. The van der Waals surface area contributed by atoms with Crippen molar-refractivity contribution < 1.29 is 9.90 Å². The van der Waals surface area contributed by atoms with Crippen LogP contribution in [0.5, 0.6) is 0 Å². The molecule has 5 heteroatoms. The Morgan fingerprint density at radius 3 is 2.95 bits per heavy atom. The van der Waals surface area contributed by atoms with E-state index >= 15 is 0 Å². The molecule has 2 heterocycles. The monoisotopic (exact) mass is 265 g/mol. The van der Waals surface area contributed by atoms with Crippen LogP contribution in [0.25, 0.3) is 0 Å². The first kappa shape index (κ1) is 14.1. The molecule has 1 atom stereocenters. The third-order valence-corrected chi connectivity index (χ3v) is 4.12. The first-order valence-electron chi connectivity index (χ1n) is 7.12. The molecular weight excluding hydrogens is 242 g/mol. The predicted molar refractivity (Wildman–Crippen MR) is 72.8 cm³/mol. The molecule has 1 aromatic heterocycles. The van der Waals surface area contributed by atoms with Gasteiger partial charge in [-0.25, -0.2) is 0 Å².